The largest absolute Gasteiger partial charge is 0.349 e. The van der Waals surface area contributed by atoms with Gasteiger partial charge in [-0.3, -0.25) is 9.59 Å². The highest BCUT2D eigenvalue weighted by Gasteiger charge is 2.23. The van der Waals surface area contributed by atoms with Crippen molar-refractivity contribution in [3.05, 3.63) is 63.2 Å². The Morgan fingerprint density at radius 1 is 0.955 bits per heavy atom. The summed E-state index contributed by atoms with van der Waals surface area (Å²) in [5.41, 5.74) is 1.90. The molecule has 1 aliphatic rings. The molecule has 112 valence electrons. The number of carbonyl (C=O) groups is 2. The third-order valence-corrected chi connectivity index (χ3v) is 4.08. The lowest BCUT2D eigenvalue weighted by atomic mass is 10.1. The first-order valence-corrected chi connectivity index (χ1v) is 8.17. The molecule has 0 heterocycles. The molecule has 1 aliphatic carbocycles. The third-order valence-electron chi connectivity index (χ3n) is 3.40. The summed E-state index contributed by atoms with van der Waals surface area (Å²) in [5.74, 6) is -0.216. The van der Waals surface area contributed by atoms with Crippen LogP contribution in [0.3, 0.4) is 0 Å². The van der Waals surface area contributed by atoms with Crippen LogP contribution in [0.2, 0.25) is 0 Å². The number of carbonyl (C=O) groups excluding carboxylic acids is 2. The van der Waals surface area contributed by atoms with Gasteiger partial charge in [0.15, 0.2) is 0 Å². The SMILES string of the molecule is O=C(Nc1ccc(C(=O)NC2CC2)cc1)c1cccc(I)c1. The number of hydrogen-bond acceptors (Lipinski definition) is 2. The first-order valence-electron chi connectivity index (χ1n) is 7.10. The fourth-order valence-corrected chi connectivity index (χ4v) is 2.58. The number of rotatable bonds is 4. The molecule has 0 aliphatic heterocycles. The van der Waals surface area contributed by atoms with Crippen LogP contribution >= 0.6 is 22.6 Å². The van der Waals surface area contributed by atoms with Crippen molar-refractivity contribution in [3.63, 3.8) is 0 Å². The van der Waals surface area contributed by atoms with Gasteiger partial charge >= 0.3 is 0 Å². The number of anilines is 1. The Morgan fingerprint density at radius 3 is 2.32 bits per heavy atom. The average molecular weight is 406 g/mol. The first-order chi connectivity index (χ1) is 10.6. The lowest BCUT2D eigenvalue weighted by molar-refractivity contribution is 0.0950. The first kappa shape index (κ1) is 15.0. The monoisotopic (exact) mass is 406 g/mol. The van der Waals surface area contributed by atoms with Gasteiger partial charge in [0.2, 0.25) is 0 Å². The molecule has 0 spiro atoms. The Bertz CT molecular complexity index is 709. The van der Waals surface area contributed by atoms with E-state index in [1.807, 2.05) is 18.2 Å². The number of benzene rings is 2. The Balaban J connectivity index is 1.65. The van der Waals surface area contributed by atoms with Crippen LogP contribution in [0.5, 0.6) is 0 Å². The van der Waals surface area contributed by atoms with Crippen molar-refractivity contribution in [3.8, 4) is 0 Å². The third kappa shape index (κ3) is 3.85. The van der Waals surface area contributed by atoms with Crippen LogP contribution in [0.15, 0.2) is 48.5 Å². The average Bonchev–Trinajstić information content (AvgIpc) is 3.32. The van der Waals surface area contributed by atoms with Gasteiger partial charge in [-0.25, -0.2) is 0 Å². The lowest BCUT2D eigenvalue weighted by Gasteiger charge is -2.07. The summed E-state index contributed by atoms with van der Waals surface area (Å²) in [5, 5.41) is 5.77. The minimum atomic E-state index is -0.159. The molecule has 4 nitrogen and oxygen atoms in total. The second kappa shape index (κ2) is 6.48. The number of nitrogens with one attached hydrogen (secondary N) is 2. The molecule has 0 bridgehead atoms. The van der Waals surface area contributed by atoms with Gasteiger partial charge in [0.25, 0.3) is 11.8 Å². The predicted octanol–water partition coefficient (Wildman–Crippen LogP) is 3.44. The van der Waals surface area contributed by atoms with E-state index in [-0.39, 0.29) is 11.8 Å². The Morgan fingerprint density at radius 2 is 1.68 bits per heavy atom. The summed E-state index contributed by atoms with van der Waals surface area (Å²) in [6.45, 7) is 0. The van der Waals surface area contributed by atoms with Crippen LogP contribution in [-0.2, 0) is 0 Å². The molecule has 1 saturated carbocycles. The standard InChI is InChI=1S/C17H15IN2O2/c18-13-3-1-2-12(10-13)17(22)20-14-6-4-11(5-7-14)16(21)19-15-8-9-15/h1-7,10,15H,8-9H2,(H,19,21)(H,20,22). The molecule has 0 saturated heterocycles. The van der Waals surface area contributed by atoms with Crippen LogP contribution in [0.4, 0.5) is 5.69 Å². The van der Waals surface area contributed by atoms with Gasteiger partial charge < -0.3 is 10.6 Å². The van der Waals surface area contributed by atoms with Gasteiger partial charge in [0.05, 0.1) is 0 Å². The molecule has 3 rings (SSSR count). The summed E-state index contributed by atoms with van der Waals surface area (Å²) >= 11 is 2.17. The van der Waals surface area contributed by atoms with E-state index in [2.05, 4.69) is 33.2 Å². The zero-order valence-corrected chi connectivity index (χ0v) is 14.0. The van der Waals surface area contributed by atoms with Crippen LogP contribution in [0, 0.1) is 3.57 Å². The Labute approximate surface area is 142 Å². The molecule has 22 heavy (non-hydrogen) atoms. The van der Waals surface area contributed by atoms with E-state index >= 15 is 0 Å². The summed E-state index contributed by atoms with van der Waals surface area (Å²) in [7, 11) is 0. The fourth-order valence-electron chi connectivity index (χ4n) is 2.03. The van der Waals surface area contributed by atoms with Gasteiger partial charge in [-0.05, 0) is 77.9 Å². The van der Waals surface area contributed by atoms with Crippen molar-refractivity contribution in [1.29, 1.82) is 0 Å². The van der Waals surface area contributed by atoms with Gasteiger partial charge in [0, 0.05) is 26.4 Å². The molecule has 0 atom stereocenters. The van der Waals surface area contributed by atoms with E-state index in [1.54, 1.807) is 30.3 Å². The van der Waals surface area contributed by atoms with Gasteiger partial charge in [0.1, 0.15) is 0 Å². The minimum absolute atomic E-state index is 0.0574. The van der Waals surface area contributed by atoms with E-state index in [0.29, 0.717) is 22.9 Å². The summed E-state index contributed by atoms with van der Waals surface area (Å²) < 4.78 is 1.01. The van der Waals surface area contributed by atoms with E-state index in [1.165, 1.54) is 0 Å². The van der Waals surface area contributed by atoms with Gasteiger partial charge in [-0.15, -0.1) is 0 Å². The zero-order valence-electron chi connectivity index (χ0n) is 11.8. The van der Waals surface area contributed by atoms with Crippen molar-refractivity contribution in [1.82, 2.24) is 5.32 Å². The molecule has 2 amide bonds. The molecule has 2 aromatic carbocycles. The molecule has 0 aromatic heterocycles. The Hall–Kier alpha value is -1.89. The van der Waals surface area contributed by atoms with Crippen LogP contribution in [0.25, 0.3) is 0 Å². The zero-order chi connectivity index (χ0) is 15.5. The highest BCUT2D eigenvalue weighted by molar-refractivity contribution is 14.1. The maximum Gasteiger partial charge on any atom is 0.255 e. The number of halogens is 1. The molecule has 2 aromatic rings. The number of hydrogen-bond donors (Lipinski definition) is 2. The van der Waals surface area contributed by atoms with E-state index < -0.39 is 0 Å². The maximum absolute atomic E-state index is 12.1. The molecule has 1 fully saturated rings. The van der Waals surface area contributed by atoms with Crippen molar-refractivity contribution in [2.24, 2.45) is 0 Å². The topological polar surface area (TPSA) is 58.2 Å². The molecule has 0 radical (unpaired) electrons. The van der Waals surface area contributed by atoms with Crippen LogP contribution in [-0.4, -0.2) is 17.9 Å². The smallest absolute Gasteiger partial charge is 0.255 e. The van der Waals surface area contributed by atoms with Crippen LogP contribution < -0.4 is 10.6 Å². The molecule has 5 heteroatoms. The summed E-state index contributed by atoms with van der Waals surface area (Å²) in [4.78, 5) is 24.0. The van der Waals surface area contributed by atoms with Gasteiger partial charge in [-0.2, -0.15) is 0 Å². The molecule has 2 N–H and O–H groups in total. The molecular weight excluding hydrogens is 391 g/mol. The van der Waals surface area contributed by atoms with E-state index in [9.17, 15) is 9.59 Å². The fraction of sp³-hybridized carbons (Fsp3) is 0.176. The summed E-state index contributed by atoms with van der Waals surface area (Å²) in [6.07, 6.45) is 2.13. The Kier molecular flexibility index (Phi) is 4.42. The second-order valence-corrected chi connectivity index (χ2v) is 6.54. The normalized spacial score (nSPS) is 13.5. The quantitative estimate of drug-likeness (QED) is 0.765. The van der Waals surface area contributed by atoms with E-state index in [4.69, 9.17) is 0 Å². The van der Waals surface area contributed by atoms with E-state index in [0.717, 1.165) is 16.4 Å². The van der Waals surface area contributed by atoms with Crippen molar-refractivity contribution < 1.29 is 9.59 Å². The predicted molar refractivity (Wildman–Crippen MR) is 94.0 cm³/mol. The van der Waals surface area contributed by atoms with Crippen molar-refractivity contribution in [2.45, 2.75) is 18.9 Å². The highest BCUT2D eigenvalue weighted by atomic mass is 127. The second-order valence-electron chi connectivity index (χ2n) is 5.29. The van der Waals surface area contributed by atoms with Crippen molar-refractivity contribution in [2.75, 3.05) is 5.32 Å². The summed E-state index contributed by atoms with van der Waals surface area (Å²) in [6, 6.07) is 14.7. The maximum atomic E-state index is 12.1. The van der Waals surface area contributed by atoms with Crippen molar-refractivity contribution >= 4 is 40.1 Å². The molecular formula is C17H15IN2O2. The number of amides is 2. The molecule has 0 unspecified atom stereocenters. The van der Waals surface area contributed by atoms with Gasteiger partial charge in [-0.1, -0.05) is 6.07 Å². The lowest BCUT2D eigenvalue weighted by Crippen LogP contribution is -2.25. The van der Waals surface area contributed by atoms with Crippen LogP contribution in [0.1, 0.15) is 33.6 Å². The highest BCUT2D eigenvalue weighted by Crippen LogP contribution is 2.20. The minimum Gasteiger partial charge on any atom is -0.349 e.